The van der Waals surface area contributed by atoms with Gasteiger partial charge in [0.05, 0.1) is 32.2 Å². The first-order valence-electron chi connectivity index (χ1n) is 6.53. The van der Waals surface area contributed by atoms with E-state index in [1.165, 1.54) is 0 Å². The van der Waals surface area contributed by atoms with Gasteiger partial charge in [0.2, 0.25) is 0 Å². The lowest BCUT2D eigenvalue weighted by atomic mass is 10.0. The lowest BCUT2D eigenvalue weighted by Crippen LogP contribution is -2.34. The minimum atomic E-state index is -0.838. The first kappa shape index (κ1) is 15.0. The van der Waals surface area contributed by atoms with Crippen molar-refractivity contribution in [3.05, 3.63) is 17.1 Å². The van der Waals surface area contributed by atoms with Crippen LogP contribution in [0.4, 0.5) is 11.4 Å². The molecule has 0 aliphatic rings. The highest BCUT2D eigenvalue weighted by atomic mass is 32.1. The smallest absolute Gasteiger partial charge is 0.0907 e. The molecule has 1 heterocycles. The standard InChI is InChI=1S/C14H21N3O2S/c1-9-17-12-7-11(10(15)6-13(12)20-9)16-8-14(2,18)4-5-19-3/h6-7,16,18H,4-5,8,15H2,1-3H3. The molecule has 0 saturated heterocycles. The van der Waals surface area contributed by atoms with Crippen LogP contribution in [0.1, 0.15) is 18.4 Å². The molecule has 110 valence electrons. The van der Waals surface area contributed by atoms with Crippen molar-refractivity contribution in [2.24, 2.45) is 0 Å². The molecule has 0 saturated carbocycles. The number of methoxy groups -OCH3 is 1. The normalized spacial score (nSPS) is 14.4. The number of ether oxygens (including phenoxy) is 1. The summed E-state index contributed by atoms with van der Waals surface area (Å²) in [6.45, 7) is 4.69. The van der Waals surface area contributed by atoms with E-state index >= 15 is 0 Å². The lowest BCUT2D eigenvalue weighted by Gasteiger charge is -2.24. The number of thiazole rings is 1. The fourth-order valence-corrected chi connectivity index (χ4v) is 2.81. The predicted octanol–water partition coefficient (Wildman–Crippen LogP) is 2.39. The van der Waals surface area contributed by atoms with E-state index in [1.807, 2.05) is 19.1 Å². The van der Waals surface area contributed by atoms with Crippen LogP contribution in [0.15, 0.2) is 12.1 Å². The Labute approximate surface area is 122 Å². The van der Waals surface area contributed by atoms with Crippen LogP contribution >= 0.6 is 11.3 Å². The van der Waals surface area contributed by atoms with Crippen LogP contribution in [0, 0.1) is 6.92 Å². The third-order valence-corrected chi connectivity index (χ3v) is 4.10. The fourth-order valence-electron chi connectivity index (χ4n) is 1.95. The summed E-state index contributed by atoms with van der Waals surface area (Å²) in [6, 6.07) is 3.85. The van der Waals surface area contributed by atoms with E-state index in [1.54, 1.807) is 25.4 Å². The van der Waals surface area contributed by atoms with Gasteiger partial charge in [-0.3, -0.25) is 0 Å². The number of nitrogens with zero attached hydrogens (tertiary/aromatic N) is 1. The molecule has 0 aliphatic carbocycles. The number of rotatable bonds is 6. The monoisotopic (exact) mass is 295 g/mol. The van der Waals surface area contributed by atoms with E-state index in [2.05, 4.69) is 10.3 Å². The summed E-state index contributed by atoms with van der Waals surface area (Å²) in [5.41, 5.74) is 7.60. The van der Waals surface area contributed by atoms with E-state index in [-0.39, 0.29) is 0 Å². The zero-order chi connectivity index (χ0) is 14.8. The van der Waals surface area contributed by atoms with Crippen molar-refractivity contribution in [3.63, 3.8) is 0 Å². The molecule has 2 rings (SSSR count). The number of aryl methyl sites for hydroxylation is 1. The Morgan fingerprint density at radius 1 is 1.50 bits per heavy atom. The molecule has 1 aromatic carbocycles. The summed E-state index contributed by atoms with van der Waals surface area (Å²) in [6.07, 6.45) is 0.564. The average molecular weight is 295 g/mol. The van der Waals surface area contributed by atoms with Gasteiger partial charge in [0.1, 0.15) is 0 Å². The topological polar surface area (TPSA) is 80.4 Å². The lowest BCUT2D eigenvalue weighted by molar-refractivity contribution is 0.0358. The molecular weight excluding hydrogens is 274 g/mol. The molecule has 0 bridgehead atoms. The number of anilines is 2. The molecule has 6 heteroatoms. The maximum Gasteiger partial charge on any atom is 0.0907 e. The number of hydrogen-bond donors (Lipinski definition) is 3. The van der Waals surface area contributed by atoms with Gasteiger partial charge < -0.3 is 20.9 Å². The Morgan fingerprint density at radius 2 is 2.25 bits per heavy atom. The van der Waals surface area contributed by atoms with Gasteiger partial charge in [-0.25, -0.2) is 4.98 Å². The van der Waals surface area contributed by atoms with Crippen molar-refractivity contribution in [1.82, 2.24) is 4.98 Å². The molecule has 20 heavy (non-hydrogen) atoms. The van der Waals surface area contributed by atoms with Crippen LogP contribution in [-0.4, -0.2) is 36.0 Å². The summed E-state index contributed by atoms with van der Waals surface area (Å²) < 4.78 is 6.07. The SMILES string of the molecule is COCCC(C)(O)CNc1cc2nc(C)sc2cc1N. The van der Waals surface area contributed by atoms with E-state index in [0.29, 0.717) is 25.3 Å². The molecular formula is C14H21N3O2S. The first-order valence-corrected chi connectivity index (χ1v) is 7.35. The Bertz CT molecular complexity index is 595. The summed E-state index contributed by atoms with van der Waals surface area (Å²) in [5.74, 6) is 0. The van der Waals surface area contributed by atoms with Crippen LogP contribution in [0.2, 0.25) is 0 Å². The number of benzene rings is 1. The van der Waals surface area contributed by atoms with E-state index in [4.69, 9.17) is 10.5 Å². The largest absolute Gasteiger partial charge is 0.397 e. The molecule has 4 N–H and O–H groups in total. The van der Waals surface area contributed by atoms with E-state index in [9.17, 15) is 5.11 Å². The number of hydrogen-bond acceptors (Lipinski definition) is 6. The maximum absolute atomic E-state index is 10.2. The van der Waals surface area contributed by atoms with Crippen molar-refractivity contribution in [1.29, 1.82) is 0 Å². The molecule has 1 unspecified atom stereocenters. The number of aromatic nitrogens is 1. The minimum Gasteiger partial charge on any atom is -0.397 e. The van der Waals surface area contributed by atoms with E-state index < -0.39 is 5.60 Å². The van der Waals surface area contributed by atoms with Crippen molar-refractivity contribution < 1.29 is 9.84 Å². The Kier molecular flexibility index (Phi) is 4.47. The Hall–Kier alpha value is -1.37. The molecule has 2 aromatic rings. The fraction of sp³-hybridized carbons (Fsp3) is 0.500. The van der Waals surface area contributed by atoms with Gasteiger partial charge in [-0.2, -0.15) is 0 Å². The number of nitrogens with one attached hydrogen (secondary N) is 1. The van der Waals surface area contributed by atoms with Crippen LogP contribution in [0.25, 0.3) is 10.2 Å². The number of nitrogens with two attached hydrogens (primary N) is 1. The van der Waals surface area contributed by atoms with Gasteiger partial charge in [-0.15, -0.1) is 11.3 Å². The third kappa shape index (κ3) is 3.59. The quantitative estimate of drug-likeness (QED) is 0.713. The molecule has 0 spiro atoms. The zero-order valence-electron chi connectivity index (χ0n) is 12.1. The highest BCUT2D eigenvalue weighted by Gasteiger charge is 2.20. The number of aliphatic hydroxyl groups is 1. The molecule has 0 radical (unpaired) electrons. The maximum atomic E-state index is 10.2. The van der Waals surface area contributed by atoms with Gasteiger partial charge >= 0.3 is 0 Å². The molecule has 5 nitrogen and oxygen atoms in total. The highest BCUT2D eigenvalue weighted by Crippen LogP contribution is 2.30. The summed E-state index contributed by atoms with van der Waals surface area (Å²) in [5, 5.41) is 14.4. The summed E-state index contributed by atoms with van der Waals surface area (Å²) >= 11 is 1.62. The third-order valence-electron chi connectivity index (χ3n) is 3.17. The van der Waals surface area contributed by atoms with Crippen molar-refractivity contribution in [2.75, 3.05) is 31.3 Å². The molecule has 1 aromatic heterocycles. The van der Waals surface area contributed by atoms with Crippen molar-refractivity contribution >= 4 is 32.9 Å². The number of fused-ring (bicyclic) bond motifs is 1. The second kappa shape index (κ2) is 5.95. The van der Waals surface area contributed by atoms with Gasteiger partial charge in [0, 0.05) is 26.7 Å². The number of nitrogen functional groups attached to an aromatic ring is 1. The summed E-state index contributed by atoms with van der Waals surface area (Å²) in [7, 11) is 1.62. The first-order chi connectivity index (χ1) is 9.41. The molecule has 1 atom stereocenters. The van der Waals surface area contributed by atoms with Crippen LogP contribution in [-0.2, 0) is 4.74 Å². The van der Waals surface area contributed by atoms with Gasteiger partial charge in [-0.05, 0) is 26.0 Å². The molecule has 0 amide bonds. The van der Waals surface area contributed by atoms with Crippen LogP contribution in [0.3, 0.4) is 0 Å². The van der Waals surface area contributed by atoms with Crippen molar-refractivity contribution in [3.8, 4) is 0 Å². The molecule has 0 aliphatic heterocycles. The van der Waals surface area contributed by atoms with Crippen molar-refractivity contribution in [2.45, 2.75) is 25.9 Å². The van der Waals surface area contributed by atoms with E-state index in [0.717, 1.165) is 20.9 Å². The zero-order valence-corrected chi connectivity index (χ0v) is 12.9. The molecule has 0 fully saturated rings. The second-order valence-corrected chi connectivity index (χ2v) is 6.47. The van der Waals surface area contributed by atoms with Gasteiger partial charge in [0.25, 0.3) is 0 Å². The second-order valence-electron chi connectivity index (χ2n) is 5.23. The Balaban J connectivity index is 2.11. The predicted molar refractivity (Wildman–Crippen MR) is 84.4 cm³/mol. The summed E-state index contributed by atoms with van der Waals surface area (Å²) in [4.78, 5) is 4.45. The van der Waals surface area contributed by atoms with Crippen LogP contribution in [0.5, 0.6) is 0 Å². The Morgan fingerprint density at radius 3 is 2.95 bits per heavy atom. The van der Waals surface area contributed by atoms with Gasteiger partial charge in [-0.1, -0.05) is 0 Å². The minimum absolute atomic E-state index is 0.412. The van der Waals surface area contributed by atoms with Crippen LogP contribution < -0.4 is 11.1 Å². The highest BCUT2D eigenvalue weighted by molar-refractivity contribution is 7.18. The van der Waals surface area contributed by atoms with Gasteiger partial charge in [0.15, 0.2) is 0 Å². The average Bonchev–Trinajstić information content (AvgIpc) is 2.73.